The second-order valence-electron chi connectivity index (χ2n) is 4.70. The molecule has 0 saturated carbocycles. The topological polar surface area (TPSA) is 38.3 Å². The molecule has 1 fully saturated rings. The third kappa shape index (κ3) is 2.31. The molecule has 1 N–H and O–H groups in total. The van der Waals surface area contributed by atoms with Gasteiger partial charge >= 0.3 is 6.09 Å². The van der Waals surface area contributed by atoms with E-state index in [-0.39, 0.29) is 17.6 Å². The molecule has 1 amide bonds. The highest BCUT2D eigenvalue weighted by Crippen LogP contribution is 2.36. The molecule has 0 spiro atoms. The van der Waals surface area contributed by atoms with Gasteiger partial charge < -0.3 is 10.1 Å². The Morgan fingerprint density at radius 3 is 2.94 bits per heavy atom. The zero-order chi connectivity index (χ0) is 11.8. The lowest BCUT2D eigenvalue weighted by molar-refractivity contribution is 0.0387. The first-order chi connectivity index (χ1) is 7.49. The fraction of sp³-hybridized carbons (Fsp3) is 0.417. The predicted octanol–water partition coefficient (Wildman–Crippen LogP) is 3.10. The molecular weight excluding hydrogens is 317 g/mol. The van der Waals surface area contributed by atoms with Crippen molar-refractivity contribution in [2.24, 2.45) is 5.41 Å². The lowest BCUT2D eigenvalue weighted by atomic mass is 9.80. The summed E-state index contributed by atoms with van der Waals surface area (Å²) in [4.78, 5) is 11.3. The summed E-state index contributed by atoms with van der Waals surface area (Å²) in [5.74, 6) is 0. The van der Waals surface area contributed by atoms with Gasteiger partial charge in [-0.15, -0.1) is 0 Å². The Morgan fingerprint density at radius 2 is 2.25 bits per heavy atom. The number of hydrogen-bond donors (Lipinski definition) is 1. The monoisotopic (exact) mass is 331 g/mol. The minimum atomic E-state index is -0.330. The van der Waals surface area contributed by atoms with Gasteiger partial charge in [-0.1, -0.05) is 26.0 Å². The van der Waals surface area contributed by atoms with Crippen LogP contribution in [-0.2, 0) is 4.74 Å². The van der Waals surface area contributed by atoms with Crippen LogP contribution in [0.2, 0.25) is 0 Å². The standard InChI is InChI=1S/C12H14INO2/c1-12(2)7-16-11(15)14-10(12)8-4-3-5-9(13)6-8/h3-6,10H,7H2,1-2H3,(H,14,15)/t10-/m0/s1. The zero-order valence-electron chi connectivity index (χ0n) is 9.29. The van der Waals surface area contributed by atoms with Crippen molar-refractivity contribution in [2.45, 2.75) is 19.9 Å². The molecule has 1 aliphatic heterocycles. The molecule has 1 heterocycles. The highest BCUT2D eigenvalue weighted by atomic mass is 127. The summed E-state index contributed by atoms with van der Waals surface area (Å²) < 4.78 is 6.20. The molecule has 1 aromatic rings. The minimum absolute atomic E-state index is 0.0171. The van der Waals surface area contributed by atoms with E-state index in [1.807, 2.05) is 18.2 Å². The quantitative estimate of drug-likeness (QED) is 0.803. The third-order valence-corrected chi connectivity index (χ3v) is 3.47. The molecule has 1 atom stereocenters. The van der Waals surface area contributed by atoms with Crippen molar-refractivity contribution >= 4 is 28.7 Å². The number of carbonyl (C=O) groups is 1. The van der Waals surface area contributed by atoms with E-state index < -0.39 is 0 Å². The van der Waals surface area contributed by atoms with E-state index in [0.29, 0.717) is 6.61 Å². The number of nitrogens with one attached hydrogen (secondary N) is 1. The molecule has 2 rings (SSSR count). The van der Waals surface area contributed by atoms with Gasteiger partial charge in [-0.2, -0.15) is 0 Å². The fourth-order valence-electron chi connectivity index (χ4n) is 1.91. The van der Waals surface area contributed by atoms with Gasteiger partial charge in [0.1, 0.15) is 6.61 Å². The molecular formula is C12H14INO2. The summed E-state index contributed by atoms with van der Waals surface area (Å²) in [7, 11) is 0. The first kappa shape index (κ1) is 11.7. The van der Waals surface area contributed by atoms with Gasteiger partial charge in [0.2, 0.25) is 0 Å². The van der Waals surface area contributed by atoms with Crippen molar-refractivity contribution < 1.29 is 9.53 Å². The highest BCUT2D eigenvalue weighted by molar-refractivity contribution is 14.1. The van der Waals surface area contributed by atoms with Gasteiger partial charge in [-0.05, 0) is 40.3 Å². The molecule has 0 unspecified atom stereocenters. The first-order valence-corrected chi connectivity index (χ1v) is 6.26. The Hall–Kier alpha value is -0.780. The van der Waals surface area contributed by atoms with Crippen LogP contribution in [0.25, 0.3) is 0 Å². The third-order valence-electron chi connectivity index (χ3n) is 2.80. The molecule has 1 aliphatic rings. The number of hydrogen-bond acceptors (Lipinski definition) is 2. The summed E-state index contributed by atoms with van der Waals surface area (Å²) in [6, 6.07) is 8.20. The molecule has 16 heavy (non-hydrogen) atoms. The van der Waals surface area contributed by atoms with Crippen LogP contribution >= 0.6 is 22.6 Å². The number of halogens is 1. The van der Waals surface area contributed by atoms with E-state index >= 15 is 0 Å². The lowest BCUT2D eigenvalue weighted by Crippen LogP contribution is -2.46. The summed E-state index contributed by atoms with van der Waals surface area (Å²) in [6.45, 7) is 4.64. The van der Waals surface area contributed by atoms with Crippen molar-refractivity contribution in [1.29, 1.82) is 0 Å². The van der Waals surface area contributed by atoms with Crippen molar-refractivity contribution in [2.75, 3.05) is 6.61 Å². The Bertz CT molecular complexity index is 417. The first-order valence-electron chi connectivity index (χ1n) is 5.18. The average Bonchev–Trinajstić information content (AvgIpc) is 2.22. The number of amides is 1. The zero-order valence-corrected chi connectivity index (χ0v) is 11.4. The van der Waals surface area contributed by atoms with Gasteiger partial charge in [-0.3, -0.25) is 0 Å². The Kier molecular flexibility index (Phi) is 3.10. The summed E-state index contributed by atoms with van der Waals surface area (Å²) in [6.07, 6.45) is -0.330. The van der Waals surface area contributed by atoms with Crippen LogP contribution in [0.4, 0.5) is 4.79 Å². The molecule has 4 heteroatoms. The SMILES string of the molecule is CC1(C)COC(=O)N[C@H]1c1cccc(I)c1. The number of ether oxygens (including phenoxy) is 1. The Balaban J connectivity index is 2.33. The average molecular weight is 331 g/mol. The Morgan fingerprint density at radius 1 is 1.50 bits per heavy atom. The smallest absolute Gasteiger partial charge is 0.407 e. The van der Waals surface area contributed by atoms with E-state index in [2.05, 4.69) is 47.8 Å². The van der Waals surface area contributed by atoms with Crippen LogP contribution < -0.4 is 5.32 Å². The van der Waals surface area contributed by atoms with Crippen LogP contribution in [0.1, 0.15) is 25.5 Å². The van der Waals surface area contributed by atoms with E-state index in [9.17, 15) is 4.79 Å². The van der Waals surface area contributed by atoms with Crippen molar-refractivity contribution in [3.05, 3.63) is 33.4 Å². The molecule has 1 saturated heterocycles. The molecule has 3 nitrogen and oxygen atoms in total. The second kappa shape index (κ2) is 4.24. The van der Waals surface area contributed by atoms with Gasteiger partial charge in [-0.25, -0.2) is 4.79 Å². The number of alkyl carbamates (subject to hydrolysis) is 1. The lowest BCUT2D eigenvalue weighted by Gasteiger charge is -2.38. The van der Waals surface area contributed by atoms with E-state index in [4.69, 9.17) is 4.74 Å². The minimum Gasteiger partial charge on any atom is -0.449 e. The molecule has 0 aliphatic carbocycles. The largest absolute Gasteiger partial charge is 0.449 e. The molecule has 0 radical (unpaired) electrons. The maximum Gasteiger partial charge on any atom is 0.407 e. The summed E-state index contributed by atoms with van der Waals surface area (Å²) in [5, 5.41) is 2.89. The maximum atomic E-state index is 11.3. The van der Waals surface area contributed by atoms with Gasteiger partial charge in [0.15, 0.2) is 0 Å². The van der Waals surface area contributed by atoms with E-state index in [0.717, 1.165) is 5.56 Å². The number of cyclic esters (lactones) is 1. The van der Waals surface area contributed by atoms with Crippen molar-refractivity contribution in [1.82, 2.24) is 5.32 Å². The normalized spacial score (nSPS) is 23.4. The number of carbonyl (C=O) groups excluding carboxylic acids is 1. The van der Waals surface area contributed by atoms with Gasteiger partial charge in [0.05, 0.1) is 6.04 Å². The molecule has 86 valence electrons. The van der Waals surface area contributed by atoms with Crippen LogP contribution in [0, 0.1) is 8.99 Å². The van der Waals surface area contributed by atoms with Gasteiger partial charge in [0, 0.05) is 8.99 Å². The van der Waals surface area contributed by atoms with Gasteiger partial charge in [0.25, 0.3) is 0 Å². The van der Waals surface area contributed by atoms with Crippen molar-refractivity contribution in [3.8, 4) is 0 Å². The van der Waals surface area contributed by atoms with Crippen molar-refractivity contribution in [3.63, 3.8) is 0 Å². The molecule has 1 aromatic carbocycles. The summed E-state index contributed by atoms with van der Waals surface area (Å²) >= 11 is 2.27. The predicted molar refractivity (Wildman–Crippen MR) is 70.2 cm³/mol. The maximum absolute atomic E-state index is 11.3. The number of benzene rings is 1. The molecule has 0 aromatic heterocycles. The summed E-state index contributed by atoms with van der Waals surface area (Å²) in [5.41, 5.74) is 1.05. The Labute approximate surface area is 109 Å². The van der Waals surface area contributed by atoms with Crippen LogP contribution in [0.15, 0.2) is 24.3 Å². The van der Waals surface area contributed by atoms with E-state index in [1.165, 1.54) is 3.57 Å². The van der Waals surface area contributed by atoms with Crippen LogP contribution in [0.3, 0.4) is 0 Å². The van der Waals surface area contributed by atoms with Crippen LogP contribution in [-0.4, -0.2) is 12.7 Å². The van der Waals surface area contributed by atoms with Crippen LogP contribution in [0.5, 0.6) is 0 Å². The van der Waals surface area contributed by atoms with E-state index in [1.54, 1.807) is 0 Å². The highest BCUT2D eigenvalue weighted by Gasteiger charge is 2.37. The molecule has 0 bridgehead atoms. The number of rotatable bonds is 1. The fourth-order valence-corrected chi connectivity index (χ4v) is 2.48. The second-order valence-corrected chi connectivity index (χ2v) is 5.94.